The number of carboxylic acids is 1. The number of fused-ring (bicyclic) bond motifs is 3. The predicted molar refractivity (Wildman–Crippen MR) is 81.3 cm³/mol. The molecule has 1 unspecified atom stereocenters. The molecule has 0 amide bonds. The third-order valence-electron chi connectivity index (χ3n) is 4.49. The van der Waals surface area contributed by atoms with Crippen LogP contribution in [0.4, 0.5) is 0 Å². The zero-order valence-electron chi connectivity index (χ0n) is 12.7. The summed E-state index contributed by atoms with van der Waals surface area (Å²) >= 11 is 0. The number of carboxylic acid groups (broad SMARTS) is 1. The molecule has 0 fully saturated rings. The Morgan fingerprint density at radius 2 is 2.14 bits per heavy atom. The van der Waals surface area contributed by atoms with Crippen molar-refractivity contribution < 1.29 is 9.90 Å². The average molecular weight is 287 g/mol. The highest BCUT2D eigenvalue weighted by molar-refractivity contribution is 5.87. The van der Waals surface area contributed by atoms with Crippen LogP contribution in [0.2, 0.25) is 0 Å². The molecule has 3 heterocycles. The lowest BCUT2D eigenvalue weighted by molar-refractivity contribution is -0.140. The van der Waals surface area contributed by atoms with Crippen molar-refractivity contribution in [2.75, 3.05) is 6.54 Å². The van der Waals surface area contributed by atoms with Crippen molar-refractivity contribution in [3.63, 3.8) is 0 Å². The lowest BCUT2D eigenvalue weighted by Gasteiger charge is -2.31. The second kappa shape index (κ2) is 5.15. The van der Waals surface area contributed by atoms with E-state index in [0.29, 0.717) is 6.04 Å². The smallest absolute Gasteiger partial charge is 0.326 e. The summed E-state index contributed by atoms with van der Waals surface area (Å²) in [5.74, 6) is -0.794. The maximum atomic E-state index is 11.5. The Labute approximate surface area is 124 Å². The van der Waals surface area contributed by atoms with Gasteiger partial charge in [-0.05, 0) is 32.4 Å². The van der Waals surface area contributed by atoms with Gasteiger partial charge in [0.2, 0.25) is 0 Å². The monoisotopic (exact) mass is 287 g/mol. The van der Waals surface area contributed by atoms with Crippen LogP contribution in [0.25, 0.3) is 10.9 Å². The van der Waals surface area contributed by atoms with Gasteiger partial charge in [0.05, 0.1) is 5.52 Å². The summed E-state index contributed by atoms with van der Waals surface area (Å²) in [7, 11) is 0. The van der Waals surface area contributed by atoms with Crippen molar-refractivity contribution in [3.05, 3.63) is 29.7 Å². The molecular formula is C16H21N3O2. The summed E-state index contributed by atoms with van der Waals surface area (Å²) in [6, 6.07) is 1.86. The number of nitrogens with zero attached hydrogens (tertiary/aromatic N) is 3. The minimum Gasteiger partial charge on any atom is -0.480 e. The SMILES string of the molecule is CC(C)N1CCc2c(c3cnccc3n2C(C)C(=O)O)C1. The van der Waals surface area contributed by atoms with Crippen molar-refractivity contribution in [2.24, 2.45) is 0 Å². The molecule has 0 aromatic carbocycles. The first-order valence-electron chi connectivity index (χ1n) is 7.43. The van der Waals surface area contributed by atoms with E-state index >= 15 is 0 Å². The molecule has 0 radical (unpaired) electrons. The Morgan fingerprint density at radius 3 is 2.81 bits per heavy atom. The highest BCUT2D eigenvalue weighted by Gasteiger charge is 2.28. The molecule has 0 bridgehead atoms. The fourth-order valence-electron chi connectivity index (χ4n) is 3.25. The van der Waals surface area contributed by atoms with Gasteiger partial charge in [-0.1, -0.05) is 0 Å². The molecule has 0 saturated carbocycles. The van der Waals surface area contributed by atoms with Gasteiger partial charge in [-0.15, -0.1) is 0 Å². The molecule has 0 spiro atoms. The van der Waals surface area contributed by atoms with E-state index in [1.807, 2.05) is 16.8 Å². The van der Waals surface area contributed by atoms with Crippen LogP contribution >= 0.6 is 0 Å². The highest BCUT2D eigenvalue weighted by atomic mass is 16.4. The average Bonchev–Trinajstić information content (AvgIpc) is 2.80. The first kappa shape index (κ1) is 14.1. The normalized spacial score (nSPS) is 17.1. The Bertz CT molecular complexity index is 690. The molecule has 1 aliphatic rings. The summed E-state index contributed by atoms with van der Waals surface area (Å²) in [5.41, 5.74) is 3.38. The molecule has 1 N–H and O–H groups in total. The van der Waals surface area contributed by atoms with E-state index in [1.54, 1.807) is 13.1 Å². The van der Waals surface area contributed by atoms with Gasteiger partial charge >= 0.3 is 5.97 Å². The molecule has 3 rings (SSSR count). The second-order valence-electron chi connectivity index (χ2n) is 6.02. The third-order valence-corrected chi connectivity index (χ3v) is 4.49. The predicted octanol–water partition coefficient (Wildman–Crippen LogP) is 2.45. The fraction of sp³-hybridized carbons (Fsp3) is 0.500. The van der Waals surface area contributed by atoms with E-state index < -0.39 is 12.0 Å². The van der Waals surface area contributed by atoms with Gasteiger partial charge < -0.3 is 9.67 Å². The summed E-state index contributed by atoms with van der Waals surface area (Å²) in [4.78, 5) is 18.1. The van der Waals surface area contributed by atoms with Gasteiger partial charge in [0.15, 0.2) is 0 Å². The van der Waals surface area contributed by atoms with Crippen molar-refractivity contribution in [1.29, 1.82) is 0 Å². The summed E-state index contributed by atoms with van der Waals surface area (Å²) in [6.07, 6.45) is 4.49. The topological polar surface area (TPSA) is 58.4 Å². The summed E-state index contributed by atoms with van der Waals surface area (Å²) in [6.45, 7) is 7.98. The van der Waals surface area contributed by atoms with Gasteiger partial charge in [0.25, 0.3) is 0 Å². The number of rotatable bonds is 3. The largest absolute Gasteiger partial charge is 0.480 e. The highest BCUT2D eigenvalue weighted by Crippen LogP contribution is 2.33. The molecule has 5 heteroatoms. The van der Waals surface area contributed by atoms with Crippen LogP contribution in [-0.4, -0.2) is 38.1 Å². The number of pyridine rings is 1. The Kier molecular flexibility index (Phi) is 3.45. The quantitative estimate of drug-likeness (QED) is 0.942. The molecule has 2 aromatic rings. The first-order chi connectivity index (χ1) is 10.0. The van der Waals surface area contributed by atoms with E-state index in [1.165, 1.54) is 5.56 Å². The Balaban J connectivity index is 2.19. The van der Waals surface area contributed by atoms with E-state index in [2.05, 4.69) is 23.7 Å². The van der Waals surface area contributed by atoms with Crippen LogP contribution in [-0.2, 0) is 17.8 Å². The van der Waals surface area contributed by atoms with Crippen LogP contribution in [0.5, 0.6) is 0 Å². The van der Waals surface area contributed by atoms with Gasteiger partial charge in [-0.3, -0.25) is 9.88 Å². The number of aromatic nitrogens is 2. The van der Waals surface area contributed by atoms with E-state index in [-0.39, 0.29) is 0 Å². The maximum Gasteiger partial charge on any atom is 0.326 e. The maximum absolute atomic E-state index is 11.5. The van der Waals surface area contributed by atoms with Crippen molar-refractivity contribution in [2.45, 2.75) is 45.8 Å². The summed E-state index contributed by atoms with van der Waals surface area (Å²) < 4.78 is 1.98. The minimum atomic E-state index is -0.794. The van der Waals surface area contributed by atoms with Crippen LogP contribution < -0.4 is 0 Å². The molecule has 5 nitrogen and oxygen atoms in total. The zero-order valence-corrected chi connectivity index (χ0v) is 12.7. The van der Waals surface area contributed by atoms with Crippen LogP contribution in [0.1, 0.15) is 38.1 Å². The van der Waals surface area contributed by atoms with Gasteiger partial charge in [0.1, 0.15) is 6.04 Å². The summed E-state index contributed by atoms with van der Waals surface area (Å²) in [5, 5.41) is 10.5. The Morgan fingerprint density at radius 1 is 1.38 bits per heavy atom. The minimum absolute atomic E-state index is 0.491. The Hall–Kier alpha value is -1.88. The molecule has 1 aliphatic heterocycles. The molecule has 1 atom stereocenters. The number of aliphatic carboxylic acids is 1. The third kappa shape index (κ3) is 2.21. The van der Waals surface area contributed by atoms with Gasteiger partial charge in [-0.2, -0.15) is 0 Å². The second-order valence-corrected chi connectivity index (χ2v) is 6.02. The van der Waals surface area contributed by atoms with Crippen LogP contribution in [0.15, 0.2) is 18.5 Å². The van der Waals surface area contributed by atoms with Crippen molar-refractivity contribution in [1.82, 2.24) is 14.5 Å². The van der Waals surface area contributed by atoms with Gasteiger partial charge in [0, 0.05) is 49.0 Å². The van der Waals surface area contributed by atoms with Crippen molar-refractivity contribution >= 4 is 16.9 Å². The van der Waals surface area contributed by atoms with E-state index in [9.17, 15) is 9.90 Å². The molecule has 0 saturated heterocycles. The molecular weight excluding hydrogens is 266 g/mol. The molecule has 112 valence electrons. The van der Waals surface area contributed by atoms with Crippen LogP contribution in [0.3, 0.4) is 0 Å². The zero-order chi connectivity index (χ0) is 15.1. The molecule has 0 aliphatic carbocycles. The van der Waals surface area contributed by atoms with Crippen LogP contribution in [0, 0.1) is 0 Å². The lowest BCUT2D eigenvalue weighted by Crippen LogP contribution is -2.36. The standard InChI is InChI=1S/C16H21N3O2/c1-10(2)18-7-5-15-13(9-18)12-8-17-6-4-14(12)19(15)11(3)16(20)21/h4,6,8,10-11H,5,7,9H2,1-3H3,(H,20,21). The molecule has 2 aromatic heterocycles. The molecule has 21 heavy (non-hydrogen) atoms. The van der Waals surface area contributed by atoms with E-state index in [4.69, 9.17) is 0 Å². The lowest BCUT2D eigenvalue weighted by atomic mass is 10.0. The first-order valence-corrected chi connectivity index (χ1v) is 7.43. The number of hydrogen-bond donors (Lipinski definition) is 1. The number of carbonyl (C=O) groups is 1. The fourth-order valence-corrected chi connectivity index (χ4v) is 3.25. The number of hydrogen-bond acceptors (Lipinski definition) is 3. The van der Waals surface area contributed by atoms with Gasteiger partial charge in [-0.25, -0.2) is 4.79 Å². The van der Waals surface area contributed by atoms with E-state index in [0.717, 1.165) is 36.1 Å². The van der Waals surface area contributed by atoms with Crippen molar-refractivity contribution in [3.8, 4) is 0 Å².